The second kappa shape index (κ2) is 8.02. The molecular formula is C21H14F3N3O2. The molecule has 5 nitrogen and oxygen atoms in total. The average molecular weight is 397 g/mol. The van der Waals surface area contributed by atoms with Crippen molar-refractivity contribution in [2.24, 2.45) is 5.10 Å². The van der Waals surface area contributed by atoms with Crippen LogP contribution in [0.4, 0.5) is 13.2 Å². The number of hydrogen-bond donors (Lipinski definition) is 0. The standard InChI is InChI=1S/C21H14F3N3O2/c1-29-16-9-7-14(8-10-16)13-26-27-19(15-5-3-2-4-6-15)11-18(21(22,23)24)17(12-25)20(27)28/h2-11,13H,1H3/b26-13+. The quantitative estimate of drug-likeness (QED) is 0.617. The van der Waals surface area contributed by atoms with Crippen molar-refractivity contribution in [3.63, 3.8) is 0 Å². The molecule has 0 N–H and O–H groups in total. The fourth-order valence-electron chi connectivity index (χ4n) is 2.68. The van der Waals surface area contributed by atoms with Crippen LogP contribution in [0.1, 0.15) is 16.7 Å². The molecule has 3 aromatic rings. The number of benzene rings is 2. The van der Waals surface area contributed by atoms with Crippen LogP contribution < -0.4 is 10.3 Å². The molecule has 0 saturated carbocycles. The Morgan fingerprint density at radius 3 is 2.31 bits per heavy atom. The van der Waals surface area contributed by atoms with Gasteiger partial charge in [-0.15, -0.1) is 0 Å². The third-order valence-electron chi connectivity index (χ3n) is 4.11. The Bertz CT molecular complexity index is 1140. The Morgan fingerprint density at radius 1 is 1.10 bits per heavy atom. The minimum atomic E-state index is -4.85. The van der Waals surface area contributed by atoms with E-state index in [1.807, 2.05) is 0 Å². The van der Waals surface area contributed by atoms with Gasteiger partial charge in [-0.2, -0.15) is 28.2 Å². The first-order valence-electron chi connectivity index (χ1n) is 8.36. The highest BCUT2D eigenvalue weighted by molar-refractivity contribution is 5.80. The Labute approximate surface area is 163 Å². The number of alkyl halides is 3. The van der Waals surface area contributed by atoms with E-state index in [4.69, 9.17) is 10.00 Å². The van der Waals surface area contributed by atoms with Gasteiger partial charge in [-0.3, -0.25) is 4.79 Å². The second-order valence-corrected chi connectivity index (χ2v) is 5.93. The Balaban J connectivity index is 2.22. The number of pyridine rings is 1. The largest absolute Gasteiger partial charge is 0.497 e. The van der Waals surface area contributed by atoms with Gasteiger partial charge in [0.2, 0.25) is 0 Å². The summed E-state index contributed by atoms with van der Waals surface area (Å²) in [5.74, 6) is 0.616. The summed E-state index contributed by atoms with van der Waals surface area (Å²) in [5.41, 5.74) is -2.58. The lowest BCUT2D eigenvalue weighted by Gasteiger charge is -2.14. The maximum atomic E-state index is 13.4. The van der Waals surface area contributed by atoms with Crippen LogP contribution in [0.2, 0.25) is 0 Å². The Kier molecular flexibility index (Phi) is 5.50. The summed E-state index contributed by atoms with van der Waals surface area (Å²) in [4.78, 5) is 12.7. The van der Waals surface area contributed by atoms with Gasteiger partial charge in [-0.05, 0) is 35.9 Å². The van der Waals surface area contributed by atoms with Crippen molar-refractivity contribution in [2.45, 2.75) is 6.18 Å². The maximum absolute atomic E-state index is 13.4. The molecule has 3 rings (SSSR count). The number of halogens is 3. The Hall–Kier alpha value is -3.86. The first-order valence-corrected chi connectivity index (χ1v) is 8.36. The molecule has 146 valence electrons. The van der Waals surface area contributed by atoms with Crippen molar-refractivity contribution < 1.29 is 17.9 Å². The van der Waals surface area contributed by atoms with Gasteiger partial charge in [0.1, 0.15) is 17.4 Å². The zero-order valence-electron chi connectivity index (χ0n) is 15.1. The minimum absolute atomic E-state index is 0.0771. The summed E-state index contributed by atoms with van der Waals surface area (Å²) in [5, 5.41) is 13.2. The van der Waals surface area contributed by atoms with Crippen LogP contribution in [0.25, 0.3) is 11.3 Å². The molecule has 0 aliphatic rings. The van der Waals surface area contributed by atoms with E-state index in [0.29, 0.717) is 16.9 Å². The van der Waals surface area contributed by atoms with Crippen molar-refractivity contribution in [1.29, 1.82) is 5.26 Å². The van der Waals surface area contributed by atoms with Crippen LogP contribution in [-0.4, -0.2) is 18.0 Å². The minimum Gasteiger partial charge on any atom is -0.497 e. The van der Waals surface area contributed by atoms with E-state index < -0.39 is 22.9 Å². The van der Waals surface area contributed by atoms with Crippen LogP contribution in [0.3, 0.4) is 0 Å². The number of methoxy groups -OCH3 is 1. The molecule has 0 spiro atoms. The monoisotopic (exact) mass is 397 g/mol. The number of aromatic nitrogens is 1. The third-order valence-corrected chi connectivity index (χ3v) is 4.11. The normalized spacial score (nSPS) is 11.4. The van der Waals surface area contributed by atoms with E-state index in [1.165, 1.54) is 19.4 Å². The summed E-state index contributed by atoms with van der Waals surface area (Å²) in [6.45, 7) is 0. The number of nitriles is 1. The van der Waals surface area contributed by atoms with Gasteiger partial charge in [-0.25, -0.2) is 0 Å². The van der Waals surface area contributed by atoms with Crippen molar-refractivity contribution in [3.8, 4) is 23.1 Å². The van der Waals surface area contributed by atoms with Gasteiger partial charge < -0.3 is 4.74 Å². The molecular weight excluding hydrogens is 383 g/mol. The van der Waals surface area contributed by atoms with E-state index in [0.717, 1.165) is 10.7 Å². The van der Waals surface area contributed by atoms with Crippen LogP contribution in [-0.2, 0) is 6.18 Å². The fourth-order valence-corrected chi connectivity index (χ4v) is 2.68. The SMILES string of the molecule is COc1ccc(/C=N/n2c(-c3ccccc3)cc(C(F)(F)F)c(C#N)c2=O)cc1. The lowest BCUT2D eigenvalue weighted by Crippen LogP contribution is -2.26. The van der Waals surface area contributed by atoms with E-state index in [9.17, 15) is 18.0 Å². The number of nitrogens with zero attached hydrogens (tertiary/aromatic N) is 3. The molecule has 0 saturated heterocycles. The van der Waals surface area contributed by atoms with Crippen molar-refractivity contribution in [1.82, 2.24) is 4.68 Å². The van der Waals surface area contributed by atoms with Gasteiger partial charge in [0.15, 0.2) is 0 Å². The van der Waals surface area contributed by atoms with Gasteiger partial charge in [0.05, 0.1) is 24.6 Å². The predicted octanol–water partition coefficient (Wildman–Crippen LogP) is 4.30. The molecule has 1 aromatic heterocycles. The van der Waals surface area contributed by atoms with Gasteiger partial charge in [0.25, 0.3) is 5.56 Å². The van der Waals surface area contributed by atoms with Gasteiger partial charge in [-0.1, -0.05) is 30.3 Å². The molecule has 0 bridgehead atoms. The molecule has 0 fully saturated rings. The van der Waals surface area contributed by atoms with Gasteiger partial charge in [0, 0.05) is 5.56 Å². The summed E-state index contributed by atoms with van der Waals surface area (Å²) in [6.07, 6.45) is -3.53. The van der Waals surface area contributed by atoms with Gasteiger partial charge >= 0.3 is 6.18 Å². The molecule has 0 aliphatic carbocycles. The average Bonchev–Trinajstić information content (AvgIpc) is 2.72. The second-order valence-electron chi connectivity index (χ2n) is 5.93. The first-order chi connectivity index (χ1) is 13.8. The molecule has 0 radical (unpaired) electrons. The smallest absolute Gasteiger partial charge is 0.417 e. The summed E-state index contributed by atoms with van der Waals surface area (Å²) >= 11 is 0. The highest BCUT2D eigenvalue weighted by Crippen LogP contribution is 2.33. The highest BCUT2D eigenvalue weighted by Gasteiger charge is 2.36. The van der Waals surface area contributed by atoms with Crippen LogP contribution in [0.5, 0.6) is 5.75 Å². The lowest BCUT2D eigenvalue weighted by atomic mass is 10.0. The highest BCUT2D eigenvalue weighted by atomic mass is 19.4. The maximum Gasteiger partial charge on any atom is 0.417 e. The third kappa shape index (κ3) is 4.19. The number of rotatable bonds is 4. The van der Waals surface area contributed by atoms with Crippen molar-refractivity contribution in [2.75, 3.05) is 7.11 Å². The van der Waals surface area contributed by atoms with Crippen molar-refractivity contribution in [3.05, 3.63) is 87.7 Å². The zero-order chi connectivity index (χ0) is 21.0. The molecule has 0 unspecified atom stereocenters. The number of ether oxygens (including phenoxy) is 1. The molecule has 0 atom stereocenters. The van der Waals surface area contributed by atoms with Crippen LogP contribution in [0.15, 0.2) is 70.6 Å². The zero-order valence-corrected chi connectivity index (χ0v) is 15.1. The van der Waals surface area contributed by atoms with Crippen molar-refractivity contribution >= 4 is 6.21 Å². The summed E-state index contributed by atoms with van der Waals surface area (Å²) in [7, 11) is 1.51. The predicted molar refractivity (Wildman–Crippen MR) is 102 cm³/mol. The first kappa shape index (κ1) is 19.9. The molecule has 29 heavy (non-hydrogen) atoms. The molecule has 8 heteroatoms. The van der Waals surface area contributed by atoms with E-state index >= 15 is 0 Å². The van der Waals surface area contributed by atoms with E-state index in [-0.39, 0.29) is 5.69 Å². The fraction of sp³-hybridized carbons (Fsp3) is 0.0952. The Morgan fingerprint density at radius 2 is 1.76 bits per heavy atom. The lowest BCUT2D eigenvalue weighted by molar-refractivity contribution is -0.137. The van der Waals surface area contributed by atoms with Crippen LogP contribution >= 0.6 is 0 Å². The molecule has 1 heterocycles. The van der Waals surface area contributed by atoms with Crippen LogP contribution in [0, 0.1) is 11.3 Å². The summed E-state index contributed by atoms with van der Waals surface area (Å²) in [6, 6.07) is 16.9. The number of hydrogen-bond acceptors (Lipinski definition) is 4. The van der Waals surface area contributed by atoms with E-state index in [2.05, 4.69) is 5.10 Å². The topological polar surface area (TPSA) is 67.4 Å². The molecule has 0 amide bonds. The van der Waals surface area contributed by atoms with E-state index in [1.54, 1.807) is 54.6 Å². The molecule has 0 aliphatic heterocycles. The summed E-state index contributed by atoms with van der Waals surface area (Å²) < 4.78 is 46.1. The molecule has 2 aromatic carbocycles.